The summed E-state index contributed by atoms with van der Waals surface area (Å²) in [7, 11) is 0. The number of nitrogens with two attached hydrogens (primary N) is 1. The van der Waals surface area contributed by atoms with Crippen LogP contribution in [0.5, 0.6) is 0 Å². The average molecular weight is 295 g/mol. The Labute approximate surface area is 121 Å². The highest BCUT2D eigenvalue weighted by atomic mass is 35.5. The highest BCUT2D eigenvalue weighted by Gasteiger charge is 2.31. The van der Waals surface area contributed by atoms with Crippen molar-refractivity contribution in [1.82, 2.24) is 5.43 Å². The molecule has 3 N–H and O–H groups in total. The topological polar surface area (TPSA) is 47.3 Å². The van der Waals surface area contributed by atoms with E-state index >= 15 is 0 Å². The first-order chi connectivity index (χ1) is 9.31. The minimum atomic E-state index is -0.117. The van der Waals surface area contributed by atoms with Crippen molar-refractivity contribution in [3.8, 4) is 0 Å². The van der Waals surface area contributed by atoms with E-state index in [1.54, 1.807) is 11.3 Å². The van der Waals surface area contributed by atoms with Crippen LogP contribution >= 0.6 is 22.9 Å². The molecule has 100 valence electrons. The molecule has 1 aromatic heterocycles. The number of hydrogen-bond donors (Lipinski definition) is 2. The van der Waals surface area contributed by atoms with Crippen LogP contribution in [0.25, 0.3) is 0 Å². The molecule has 0 spiro atoms. The number of fused-ring (bicyclic) bond motifs is 1. The van der Waals surface area contributed by atoms with Gasteiger partial charge in [0.1, 0.15) is 6.10 Å². The quantitative estimate of drug-likeness (QED) is 0.675. The molecule has 3 rings (SSSR count). The molecular weight excluding hydrogens is 280 g/mol. The SMILES string of the molecule is NNC(c1sccc1Cl)C1OCCc2ccccc21. The molecule has 0 radical (unpaired) electrons. The van der Waals surface area contributed by atoms with Gasteiger partial charge in [-0.15, -0.1) is 11.3 Å². The monoisotopic (exact) mass is 294 g/mol. The normalized spacial score (nSPS) is 20.0. The van der Waals surface area contributed by atoms with Gasteiger partial charge in [0, 0.05) is 4.88 Å². The molecule has 0 bridgehead atoms. The molecule has 1 aliphatic rings. The average Bonchev–Trinajstić information content (AvgIpc) is 2.86. The molecule has 2 atom stereocenters. The molecule has 3 nitrogen and oxygen atoms in total. The number of hydrazine groups is 1. The molecule has 5 heteroatoms. The highest BCUT2D eigenvalue weighted by Crippen LogP contribution is 2.40. The standard InChI is InChI=1S/C14H15ClN2OS/c15-11-6-8-19-14(11)12(17-16)13-10-4-2-1-3-9(10)5-7-18-13/h1-4,6,8,12-13,17H,5,7,16H2. The third-order valence-corrected chi connectivity index (χ3v) is 4.88. The van der Waals surface area contributed by atoms with Gasteiger partial charge < -0.3 is 4.74 Å². The summed E-state index contributed by atoms with van der Waals surface area (Å²) in [6, 6.07) is 10.1. The van der Waals surface area contributed by atoms with E-state index in [0.717, 1.165) is 16.3 Å². The van der Waals surface area contributed by atoms with Gasteiger partial charge in [-0.1, -0.05) is 35.9 Å². The molecule has 0 saturated carbocycles. The molecule has 0 saturated heterocycles. The van der Waals surface area contributed by atoms with E-state index in [1.165, 1.54) is 11.1 Å². The summed E-state index contributed by atoms with van der Waals surface area (Å²) in [6.45, 7) is 0.711. The van der Waals surface area contributed by atoms with E-state index in [4.69, 9.17) is 22.2 Å². The fourth-order valence-corrected chi connectivity index (χ4v) is 3.79. The van der Waals surface area contributed by atoms with Crippen molar-refractivity contribution >= 4 is 22.9 Å². The Morgan fingerprint density at radius 2 is 2.21 bits per heavy atom. The van der Waals surface area contributed by atoms with Gasteiger partial charge in [-0.05, 0) is 29.0 Å². The second-order valence-corrected chi connectivity index (χ2v) is 5.87. The second kappa shape index (κ2) is 5.61. The van der Waals surface area contributed by atoms with E-state index in [9.17, 15) is 0 Å². The predicted molar refractivity (Wildman–Crippen MR) is 78.2 cm³/mol. The lowest BCUT2D eigenvalue weighted by Gasteiger charge is -2.31. The van der Waals surface area contributed by atoms with Crippen LogP contribution < -0.4 is 11.3 Å². The Hall–Kier alpha value is -0.910. The molecule has 2 unspecified atom stereocenters. The summed E-state index contributed by atoms with van der Waals surface area (Å²) in [4.78, 5) is 1.02. The number of halogens is 1. The maximum absolute atomic E-state index is 6.22. The van der Waals surface area contributed by atoms with Gasteiger partial charge in [-0.3, -0.25) is 5.84 Å². The number of benzene rings is 1. The van der Waals surface area contributed by atoms with Gasteiger partial charge in [0.2, 0.25) is 0 Å². The Bertz CT molecular complexity index is 572. The van der Waals surface area contributed by atoms with Crippen LogP contribution in [0.15, 0.2) is 35.7 Å². The van der Waals surface area contributed by atoms with Crippen LogP contribution in [-0.4, -0.2) is 6.61 Å². The van der Waals surface area contributed by atoms with Crippen molar-refractivity contribution in [1.29, 1.82) is 0 Å². The van der Waals surface area contributed by atoms with Gasteiger partial charge in [0.25, 0.3) is 0 Å². The van der Waals surface area contributed by atoms with E-state index in [0.29, 0.717) is 6.61 Å². The maximum Gasteiger partial charge on any atom is 0.104 e. The fourth-order valence-electron chi connectivity index (χ4n) is 2.53. The maximum atomic E-state index is 6.22. The third-order valence-electron chi connectivity index (χ3n) is 3.44. The van der Waals surface area contributed by atoms with Gasteiger partial charge in [-0.2, -0.15) is 0 Å². The van der Waals surface area contributed by atoms with Crippen LogP contribution in [0.2, 0.25) is 5.02 Å². The molecule has 2 heterocycles. The van der Waals surface area contributed by atoms with E-state index in [1.807, 2.05) is 17.5 Å². The van der Waals surface area contributed by atoms with Crippen molar-refractivity contribution in [2.75, 3.05) is 6.61 Å². The zero-order valence-corrected chi connectivity index (χ0v) is 11.9. The predicted octanol–water partition coefficient (Wildman–Crippen LogP) is 3.22. The molecule has 1 aliphatic heterocycles. The van der Waals surface area contributed by atoms with Crippen LogP contribution in [0.3, 0.4) is 0 Å². The first-order valence-electron chi connectivity index (χ1n) is 6.19. The van der Waals surface area contributed by atoms with Crippen LogP contribution in [-0.2, 0) is 11.2 Å². The molecular formula is C14H15ClN2OS. The second-order valence-electron chi connectivity index (χ2n) is 4.52. The van der Waals surface area contributed by atoms with Crippen molar-refractivity contribution in [2.24, 2.45) is 5.84 Å². The number of rotatable bonds is 3. The first kappa shape index (κ1) is 13.1. The Balaban J connectivity index is 2.00. The summed E-state index contributed by atoms with van der Waals surface area (Å²) < 4.78 is 5.94. The molecule has 1 aromatic carbocycles. The number of ether oxygens (including phenoxy) is 1. The Morgan fingerprint density at radius 3 is 2.95 bits per heavy atom. The first-order valence-corrected chi connectivity index (χ1v) is 7.45. The Morgan fingerprint density at radius 1 is 1.37 bits per heavy atom. The third kappa shape index (κ3) is 2.42. The van der Waals surface area contributed by atoms with Gasteiger partial charge in [0.05, 0.1) is 17.7 Å². The van der Waals surface area contributed by atoms with Crippen LogP contribution in [0, 0.1) is 0 Å². The smallest absolute Gasteiger partial charge is 0.104 e. The van der Waals surface area contributed by atoms with E-state index < -0.39 is 0 Å². The highest BCUT2D eigenvalue weighted by molar-refractivity contribution is 7.10. The molecule has 2 aromatic rings. The molecule has 0 aliphatic carbocycles. The lowest BCUT2D eigenvalue weighted by atomic mass is 9.93. The zero-order chi connectivity index (χ0) is 13.2. The number of nitrogens with one attached hydrogen (secondary N) is 1. The minimum absolute atomic E-state index is 0.0916. The molecule has 19 heavy (non-hydrogen) atoms. The summed E-state index contributed by atoms with van der Waals surface area (Å²) in [5, 5.41) is 2.70. The lowest BCUT2D eigenvalue weighted by Crippen LogP contribution is -2.35. The van der Waals surface area contributed by atoms with E-state index in [2.05, 4.69) is 23.6 Å². The minimum Gasteiger partial charge on any atom is -0.371 e. The number of thiophene rings is 1. The fraction of sp³-hybridized carbons (Fsp3) is 0.286. The van der Waals surface area contributed by atoms with Crippen molar-refractivity contribution in [2.45, 2.75) is 18.6 Å². The largest absolute Gasteiger partial charge is 0.371 e. The summed E-state index contributed by atoms with van der Waals surface area (Å²) in [5.41, 5.74) is 5.38. The molecule has 0 fully saturated rings. The van der Waals surface area contributed by atoms with Crippen LogP contribution in [0.4, 0.5) is 0 Å². The summed E-state index contributed by atoms with van der Waals surface area (Å²) in [5.74, 6) is 5.74. The van der Waals surface area contributed by atoms with Crippen molar-refractivity contribution in [3.63, 3.8) is 0 Å². The van der Waals surface area contributed by atoms with Crippen molar-refractivity contribution in [3.05, 3.63) is 56.7 Å². The van der Waals surface area contributed by atoms with Crippen molar-refractivity contribution < 1.29 is 4.74 Å². The van der Waals surface area contributed by atoms with Crippen LogP contribution in [0.1, 0.15) is 28.1 Å². The van der Waals surface area contributed by atoms with Gasteiger partial charge in [0.15, 0.2) is 0 Å². The van der Waals surface area contributed by atoms with E-state index in [-0.39, 0.29) is 12.1 Å². The van der Waals surface area contributed by atoms with Gasteiger partial charge >= 0.3 is 0 Å². The van der Waals surface area contributed by atoms with Gasteiger partial charge in [-0.25, -0.2) is 5.43 Å². The number of hydrogen-bond acceptors (Lipinski definition) is 4. The lowest BCUT2D eigenvalue weighted by molar-refractivity contribution is 0.0156. The summed E-state index contributed by atoms with van der Waals surface area (Å²) >= 11 is 7.82. The molecule has 0 amide bonds. The Kier molecular flexibility index (Phi) is 3.86. The summed E-state index contributed by atoms with van der Waals surface area (Å²) in [6.07, 6.45) is 0.855. The zero-order valence-electron chi connectivity index (χ0n) is 10.3.